The fourth-order valence-electron chi connectivity index (χ4n) is 3.16. The van der Waals surface area contributed by atoms with Crippen LogP contribution in [0.2, 0.25) is 0 Å². The summed E-state index contributed by atoms with van der Waals surface area (Å²) in [5.74, 6) is 1.58. The predicted octanol–water partition coefficient (Wildman–Crippen LogP) is 5.91. The summed E-state index contributed by atoms with van der Waals surface area (Å²) >= 11 is 3.47. The Morgan fingerprint density at radius 3 is 2.53 bits per heavy atom. The Hall–Kier alpha value is -3.32. The summed E-state index contributed by atoms with van der Waals surface area (Å²) < 4.78 is 17.8. The largest absolute Gasteiger partial charge is 0.497 e. The number of nitrogens with one attached hydrogen (secondary N) is 1. The Labute approximate surface area is 209 Å². The summed E-state index contributed by atoms with van der Waals surface area (Å²) in [5.41, 5.74) is 5.46. The van der Waals surface area contributed by atoms with Gasteiger partial charge >= 0.3 is 0 Å². The zero-order valence-corrected chi connectivity index (χ0v) is 21.0. The van der Waals surface area contributed by atoms with Crippen LogP contribution in [-0.4, -0.2) is 25.8 Å². The van der Waals surface area contributed by atoms with Crippen molar-refractivity contribution in [3.63, 3.8) is 0 Å². The molecular formula is C27H29BrN2O4. The lowest BCUT2D eigenvalue weighted by molar-refractivity contribution is -0.123. The Morgan fingerprint density at radius 1 is 1.00 bits per heavy atom. The molecule has 1 N–H and O–H groups in total. The van der Waals surface area contributed by atoms with Crippen LogP contribution in [0.25, 0.3) is 0 Å². The highest BCUT2D eigenvalue weighted by molar-refractivity contribution is 9.10. The van der Waals surface area contributed by atoms with Gasteiger partial charge in [0.25, 0.3) is 5.91 Å². The number of carbonyl (C=O) groups excluding carboxylic acids is 1. The molecular weight excluding hydrogens is 496 g/mol. The molecule has 0 aromatic heterocycles. The smallest absolute Gasteiger partial charge is 0.277 e. The standard InChI is InChI=1S/C27H29BrN2O4/c1-3-4-6-20-9-11-24(12-10-20)33-19-27(31)30-29-17-22-16-25(32-2)13-14-26(22)34-18-21-7-5-8-23(28)15-21/h5,7-17H,3-4,6,18-19H2,1-2H3,(H,30,31)/b29-17+. The molecule has 0 fully saturated rings. The van der Waals surface area contributed by atoms with Gasteiger partial charge in [-0.25, -0.2) is 5.43 Å². The van der Waals surface area contributed by atoms with Gasteiger partial charge in [-0.2, -0.15) is 5.10 Å². The van der Waals surface area contributed by atoms with Gasteiger partial charge in [-0.05, 0) is 66.4 Å². The molecule has 1 amide bonds. The van der Waals surface area contributed by atoms with Crippen LogP contribution in [-0.2, 0) is 17.8 Å². The number of carbonyl (C=O) groups is 1. The molecule has 6 nitrogen and oxygen atoms in total. The molecule has 0 spiro atoms. The number of ether oxygens (including phenoxy) is 3. The highest BCUT2D eigenvalue weighted by atomic mass is 79.9. The molecule has 0 aliphatic rings. The maximum Gasteiger partial charge on any atom is 0.277 e. The number of hydrazone groups is 1. The van der Waals surface area contributed by atoms with E-state index >= 15 is 0 Å². The average Bonchev–Trinajstić information content (AvgIpc) is 2.86. The average molecular weight is 525 g/mol. The molecule has 0 atom stereocenters. The van der Waals surface area contributed by atoms with E-state index in [0.29, 0.717) is 29.4 Å². The summed E-state index contributed by atoms with van der Waals surface area (Å²) in [7, 11) is 1.59. The van der Waals surface area contributed by atoms with E-state index in [0.717, 1.165) is 29.3 Å². The van der Waals surface area contributed by atoms with E-state index in [9.17, 15) is 4.79 Å². The van der Waals surface area contributed by atoms with Crippen molar-refractivity contribution in [1.82, 2.24) is 5.43 Å². The first kappa shape index (κ1) is 25.3. The molecule has 0 saturated heterocycles. The number of benzene rings is 3. The lowest BCUT2D eigenvalue weighted by atomic mass is 10.1. The van der Waals surface area contributed by atoms with E-state index in [1.165, 1.54) is 11.8 Å². The number of amides is 1. The van der Waals surface area contributed by atoms with Gasteiger partial charge in [0.15, 0.2) is 6.61 Å². The second-order valence-corrected chi connectivity index (χ2v) is 8.57. The Kier molecular flexibility index (Phi) is 9.98. The predicted molar refractivity (Wildman–Crippen MR) is 138 cm³/mol. The van der Waals surface area contributed by atoms with E-state index in [1.807, 2.05) is 60.7 Å². The highest BCUT2D eigenvalue weighted by Gasteiger charge is 2.07. The molecule has 3 aromatic rings. The van der Waals surface area contributed by atoms with Gasteiger partial charge in [0.05, 0.1) is 13.3 Å². The van der Waals surface area contributed by atoms with Crippen molar-refractivity contribution in [2.24, 2.45) is 5.10 Å². The maximum atomic E-state index is 12.2. The minimum Gasteiger partial charge on any atom is -0.497 e. The minimum atomic E-state index is -0.356. The number of hydrogen-bond acceptors (Lipinski definition) is 5. The number of nitrogens with zero attached hydrogens (tertiary/aromatic N) is 1. The number of methoxy groups -OCH3 is 1. The zero-order chi connectivity index (χ0) is 24.2. The summed E-state index contributed by atoms with van der Waals surface area (Å²) in [6, 6.07) is 21.1. The summed E-state index contributed by atoms with van der Waals surface area (Å²) in [6.45, 7) is 2.44. The molecule has 3 rings (SSSR count). The lowest BCUT2D eigenvalue weighted by Gasteiger charge is -2.11. The molecule has 0 aliphatic carbocycles. The molecule has 178 valence electrons. The van der Waals surface area contributed by atoms with Gasteiger partial charge in [0.1, 0.15) is 23.9 Å². The fourth-order valence-corrected chi connectivity index (χ4v) is 3.61. The Balaban J connectivity index is 1.54. The first-order chi connectivity index (χ1) is 16.6. The summed E-state index contributed by atoms with van der Waals surface area (Å²) in [4.78, 5) is 12.2. The first-order valence-electron chi connectivity index (χ1n) is 11.2. The van der Waals surface area contributed by atoms with Crippen LogP contribution in [0.5, 0.6) is 17.2 Å². The van der Waals surface area contributed by atoms with Crippen molar-refractivity contribution in [3.8, 4) is 17.2 Å². The van der Waals surface area contributed by atoms with Crippen LogP contribution in [0, 0.1) is 0 Å². The van der Waals surface area contributed by atoms with Crippen LogP contribution in [0.15, 0.2) is 76.3 Å². The van der Waals surface area contributed by atoms with Gasteiger partial charge in [0.2, 0.25) is 0 Å². The third-order valence-electron chi connectivity index (χ3n) is 5.01. The topological polar surface area (TPSA) is 69.2 Å². The molecule has 0 radical (unpaired) electrons. The second kappa shape index (κ2) is 13.4. The van der Waals surface area contributed by atoms with Crippen molar-refractivity contribution < 1.29 is 19.0 Å². The van der Waals surface area contributed by atoms with Gasteiger partial charge < -0.3 is 14.2 Å². The van der Waals surface area contributed by atoms with Crippen molar-refractivity contribution in [2.75, 3.05) is 13.7 Å². The lowest BCUT2D eigenvalue weighted by Crippen LogP contribution is -2.24. The van der Waals surface area contributed by atoms with E-state index < -0.39 is 0 Å². The molecule has 0 aliphatic heterocycles. The molecule has 34 heavy (non-hydrogen) atoms. The van der Waals surface area contributed by atoms with Crippen LogP contribution in [0.1, 0.15) is 36.5 Å². The summed E-state index contributed by atoms with van der Waals surface area (Å²) in [6.07, 6.45) is 4.89. The highest BCUT2D eigenvalue weighted by Crippen LogP contribution is 2.24. The third kappa shape index (κ3) is 8.23. The molecule has 3 aromatic carbocycles. The van der Waals surface area contributed by atoms with Crippen LogP contribution in [0.3, 0.4) is 0 Å². The molecule has 0 heterocycles. The Bertz CT molecular complexity index is 1100. The number of aryl methyl sites for hydroxylation is 1. The summed E-state index contributed by atoms with van der Waals surface area (Å²) in [5, 5.41) is 4.06. The monoisotopic (exact) mass is 524 g/mol. The zero-order valence-electron chi connectivity index (χ0n) is 19.4. The van der Waals surface area contributed by atoms with E-state index in [-0.39, 0.29) is 12.5 Å². The SMILES string of the molecule is CCCCc1ccc(OCC(=O)N/N=C/c2cc(OC)ccc2OCc2cccc(Br)c2)cc1. The van der Waals surface area contributed by atoms with Crippen molar-refractivity contribution in [2.45, 2.75) is 32.8 Å². The number of unbranched alkanes of at least 4 members (excludes halogenated alkanes) is 1. The fraction of sp³-hybridized carbons (Fsp3) is 0.259. The molecule has 0 unspecified atom stereocenters. The minimum absolute atomic E-state index is 0.129. The van der Waals surface area contributed by atoms with Gasteiger partial charge in [-0.3, -0.25) is 4.79 Å². The Morgan fingerprint density at radius 2 is 1.79 bits per heavy atom. The number of rotatable bonds is 12. The maximum absolute atomic E-state index is 12.2. The normalized spacial score (nSPS) is 10.8. The number of hydrogen-bond donors (Lipinski definition) is 1. The van der Waals surface area contributed by atoms with Crippen molar-refractivity contribution >= 4 is 28.1 Å². The van der Waals surface area contributed by atoms with E-state index in [1.54, 1.807) is 13.2 Å². The molecule has 7 heteroatoms. The van der Waals surface area contributed by atoms with Crippen molar-refractivity contribution in [3.05, 3.63) is 87.9 Å². The first-order valence-corrected chi connectivity index (χ1v) is 12.0. The van der Waals surface area contributed by atoms with E-state index in [4.69, 9.17) is 14.2 Å². The van der Waals surface area contributed by atoms with Gasteiger partial charge in [-0.1, -0.05) is 53.5 Å². The third-order valence-corrected chi connectivity index (χ3v) is 5.50. The van der Waals surface area contributed by atoms with Crippen LogP contribution in [0.4, 0.5) is 0 Å². The quantitative estimate of drug-likeness (QED) is 0.236. The van der Waals surface area contributed by atoms with E-state index in [2.05, 4.69) is 33.4 Å². The molecule has 0 bridgehead atoms. The number of halogens is 1. The van der Waals surface area contributed by atoms with Gasteiger partial charge in [-0.15, -0.1) is 0 Å². The second-order valence-electron chi connectivity index (χ2n) is 7.65. The van der Waals surface area contributed by atoms with Gasteiger partial charge in [0, 0.05) is 10.0 Å². The van der Waals surface area contributed by atoms with Crippen LogP contribution < -0.4 is 19.6 Å². The molecule has 0 saturated carbocycles. The van der Waals surface area contributed by atoms with Crippen LogP contribution >= 0.6 is 15.9 Å². The van der Waals surface area contributed by atoms with Crippen molar-refractivity contribution in [1.29, 1.82) is 0 Å².